The molecular formula is C13H17Cl2NO3. The van der Waals surface area contributed by atoms with Crippen LogP contribution in [0.3, 0.4) is 0 Å². The van der Waals surface area contributed by atoms with Crippen molar-refractivity contribution in [3.63, 3.8) is 0 Å². The molecule has 0 spiro atoms. The fraction of sp³-hybridized carbons (Fsp3) is 0.462. The molecule has 1 aromatic carbocycles. The van der Waals surface area contributed by atoms with Crippen LogP contribution >= 0.6 is 23.2 Å². The van der Waals surface area contributed by atoms with E-state index in [1.54, 1.807) is 18.2 Å². The summed E-state index contributed by atoms with van der Waals surface area (Å²) in [6.07, 6.45) is 0.808. The molecule has 0 heterocycles. The molecule has 0 saturated carbocycles. The Bertz CT molecular complexity index is 424. The van der Waals surface area contributed by atoms with E-state index in [0.29, 0.717) is 15.6 Å². The molecule has 19 heavy (non-hydrogen) atoms. The predicted molar refractivity (Wildman–Crippen MR) is 77.1 cm³/mol. The number of oxime groups is 1. The average molecular weight is 306 g/mol. The van der Waals surface area contributed by atoms with Gasteiger partial charge in [-0.2, -0.15) is 0 Å². The first-order valence-electron chi connectivity index (χ1n) is 5.89. The van der Waals surface area contributed by atoms with E-state index in [2.05, 4.69) is 5.16 Å². The van der Waals surface area contributed by atoms with Crippen molar-refractivity contribution in [2.75, 3.05) is 13.2 Å². The second-order valence-electron chi connectivity index (χ2n) is 4.21. The Hall–Kier alpha value is -0.810. The topological polar surface area (TPSA) is 51.0 Å². The second-order valence-corrected chi connectivity index (χ2v) is 4.99. The normalized spacial score (nSPS) is 13.2. The summed E-state index contributed by atoms with van der Waals surface area (Å²) in [7, 11) is 0. The highest BCUT2D eigenvalue weighted by atomic mass is 35.5. The number of rotatable bonds is 7. The van der Waals surface area contributed by atoms with E-state index >= 15 is 0 Å². The van der Waals surface area contributed by atoms with E-state index < -0.39 is 6.10 Å². The molecule has 0 amide bonds. The molecule has 0 aliphatic rings. The molecular weight excluding hydrogens is 289 g/mol. The summed E-state index contributed by atoms with van der Waals surface area (Å²) in [4.78, 5) is 4.96. The molecule has 4 nitrogen and oxygen atoms in total. The van der Waals surface area contributed by atoms with Crippen LogP contribution in [0.25, 0.3) is 0 Å². The minimum atomic E-state index is -0.714. The molecule has 6 heteroatoms. The lowest BCUT2D eigenvalue weighted by atomic mass is 10.2. The molecule has 0 radical (unpaired) electrons. The third kappa shape index (κ3) is 6.25. The molecule has 0 aliphatic heterocycles. The summed E-state index contributed by atoms with van der Waals surface area (Å²) in [6, 6.07) is 5.22. The van der Waals surface area contributed by atoms with Gasteiger partial charge in [-0.3, -0.25) is 0 Å². The van der Waals surface area contributed by atoms with Crippen molar-refractivity contribution in [2.24, 2.45) is 5.16 Å². The van der Waals surface area contributed by atoms with E-state index in [1.165, 1.54) is 6.21 Å². The first-order valence-corrected chi connectivity index (χ1v) is 6.65. The van der Waals surface area contributed by atoms with Gasteiger partial charge in [0.2, 0.25) is 0 Å². The smallest absolute Gasteiger partial charge is 0.145 e. The molecule has 0 aliphatic carbocycles. The number of ether oxygens (including phenoxy) is 1. The van der Waals surface area contributed by atoms with E-state index in [1.807, 2.05) is 13.8 Å². The Kier molecular flexibility index (Phi) is 7.16. The number of nitrogens with zero attached hydrogens (tertiary/aromatic N) is 1. The first-order chi connectivity index (χ1) is 9.00. The van der Waals surface area contributed by atoms with Crippen molar-refractivity contribution in [3.8, 4) is 0 Å². The molecule has 0 aromatic heterocycles. The van der Waals surface area contributed by atoms with Crippen LogP contribution in [0.2, 0.25) is 10.0 Å². The SMILES string of the molecule is CC(C)OCC(O)CO/N=C/c1cccc(Cl)c1Cl. The summed E-state index contributed by atoms with van der Waals surface area (Å²) >= 11 is 11.8. The molecule has 1 aromatic rings. The van der Waals surface area contributed by atoms with Gasteiger partial charge < -0.3 is 14.7 Å². The fourth-order valence-corrected chi connectivity index (χ4v) is 1.55. The van der Waals surface area contributed by atoms with Gasteiger partial charge in [0.15, 0.2) is 0 Å². The van der Waals surface area contributed by atoms with E-state index in [0.717, 1.165) is 0 Å². The lowest BCUT2D eigenvalue weighted by Gasteiger charge is -2.11. The third-order valence-corrected chi connectivity index (χ3v) is 2.97. The number of aliphatic hydroxyl groups is 1. The molecule has 0 bridgehead atoms. The molecule has 1 atom stereocenters. The lowest BCUT2D eigenvalue weighted by Crippen LogP contribution is -2.22. The minimum Gasteiger partial charge on any atom is -0.393 e. The number of benzene rings is 1. The van der Waals surface area contributed by atoms with Crippen molar-refractivity contribution in [2.45, 2.75) is 26.1 Å². The van der Waals surface area contributed by atoms with Crippen LogP contribution in [0.15, 0.2) is 23.4 Å². The van der Waals surface area contributed by atoms with E-state index in [9.17, 15) is 5.11 Å². The van der Waals surface area contributed by atoms with Crippen molar-refractivity contribution in [3.05, 3.63) is 33.8 Å². The Morgan fingerprint density at radius 3 is 2.74 bits per heavy atom. The second kappa shape index (κ2) is 8.38. The molecule has 1 rings (SSSR count). The zero-order chi connectivity index (χ0) is 14.3. The van der Waals surface area contributed by atoms with Crippen LogP contribution in [0.5, 0.6) is 0 Å². The van der Waals surface area contributed by atoms with Gasteiger partial charge in [-0.15, -0.1) is 0 Å². The number of hydrogen-bond donors (Lipinski definition) is 1. The Balaban J connectivity index is 2.36. The van der Waals surface area contributed by atoms with Gasteiger partial charge in [0, 0.05) is 5.56 Å². The summed E-state index contributed by atoms with van der Waals surface area (Å²) in [5.41, 5.74) is 0.655. The molecule has 0 saturated heterocycles. The zero-order valence-electron chi connectivity index (χ0n) is 10.8. The quantitative estimate of drug-likeness (QED) is 0.622. The highest BCUT2D eigenvalue weighted by molar-refractivity contribution is 6.43. The molecule has 0 fully saturated rings. The summed E-state index contributed by atoms with van der Waals surface area (Å²) < 4.78 is 5.23. The van der Waals surface area contributed by atoms with Crippen molar-refractivity contribution in [1.82, 2.24) is 0 Å². The van der Waals surface area contributed by atoms with Gasteiger partial charge in [0.05, 0.1) is 29.0 Å². The largest absolute Gasteiger partial charge is 0.393 e. The van der Waals surface area contributed by atoms with Crippen LogP contribution in [0.4, 0.5) is 0 Å². The van der Waals surface area contributed by atoms with E-state index in [4.69, 9.17) is 32.8 Å². The lowest BCUT2D eigenvalue weighted by molar-refractivity contribution is -0.0343. The van der Waals surface area contributed by atoms with Gasteiger partial charge >= 0.3 is 0 Å². The van der Waals surface area contributed by atoms with Crippen LogP contribution < -0.4 is 0 Å². The van der Waals surface area contributed by atoms with E-state index in [-0.39, 0.29) is 19.3 Å². The number of hydrogen-bond acceptors (Lipinski definition) is 4. The first kappa shape index (κ1) is 16.2. The summed E-state index contributed by atoms with van der Waals surface area (Å²) in [6.45, 7) is 4.06. The van der Waals surface area contributed by atoms with Crippen LogP contribution in [-0.4, -0.2) is 36.7 Å². The minimum absolute atomic E-state index is 0.0569. The highest BCUT2D eigenvalue weighted by Crippen LogP contribution is 2.24. The standard InChI is InChI=1S/C13H17Cl2NO3/c1-9(2)18-7-11(17)8-19-16-6-10-4-3-5-12(14)13(10)15/h3-6,9,11,17H,7-8H2,1-2H3/b16-6+. The van der Waals surface area contributed by atoms with Crippen molar-refractivity contribution in [1.29, 1.82) is 0 Å². The monoisotopic (exact) mass is 305 g/mol. The maximum Gasteiger partial charge on any atom is 0.145 e. The predicted octanol–water partition coefficient (Wildman–Crippen LogP) is 3.13. The average Bonchev–Trinajstić information content (AvgIpc) is 2.37. The van der Waals surface area contributed by atoms with Gasteiger partial charge in [-0.05, 0) is 19.9 Å². The van der Waals surface area contributed by atoms with Gasteiger partial charge in [0.25, 0.3) is 0 Å². The third-order valence-electron chi connectivity index (χ3n) is 2.14. The van der Waals surface area contributed by atoms with Crippen LogP contribution in [-0.2, 0) is 9.57 Å². The maximum absolute atomic E-state index is 9.52. The van der Waals surface area contributed by atoms with Gasteiger partial charge in [-0.1, -0.05) is 40.5 Å². The van der Waals surface area contributed by atoms with Gasteiger partial charge in [-0.25, -0.2) is 0 Å². The Labute approximate surface area is 122 Å². The van der Waals surface area contributed by atoms with Gasteiger partial charge in [0.1, 0.15) is 12.7 Å². The molecule has 1 unspecified atom stereocenters. The van der Waals surface area contributed by atoms with Crippen LogP contribution in [0, 0.1) is 0 Å². The number of aliphatic hydroxyl groups excluding tert-OH is 1. The summed E-state index contributed by atoms with van der Waals surface area (Å²) in [5.74, 6) is 0. The van der Waals surface area contributed by atoms with Crippen LogP contribution in [0.1, 0.15) is 19.4 Å². The van der Waals surface area contributed by atoms with Crippen molar-refractivity contribution < 1.29 is 14.7 Å². The number of halogens is 2. The molecule has 1 N–H and O–H groups in total. The highest BCUT2D eigenvalue weighted by Gasteiger charge is 2.06. The molecule has 106 valence electrons. The Morgan fingerprint density at radius 1 is 1.32 bits per heavy atom. The zero-order valence-corrected chi connectivity index (χ0v) is 12.4. The Morgan fingerprint density at radius 2 is 2.05 bits per heavy atom. The maximum atomic E-state index is 9.52. The summed E-state index contributed by atoms with van der Waals surface area (Å²) in [5, 5.41) is 14.1. The fourth-order valence-electron chi connectivity index (χ4n) is 1.19. The van der Waals surface area contributed by atoms with Crippen molar-refractivity contribution >= 4 is 29.4 Å².